The van der Waals surface area contributed by atoms with Crippen molar-refractivity contribution in [3.8, 4) is 0 Å². The lowest BCUT2D eigenvalue weighted by atomic mass is 9.88. The summed E-state index contributed by atoms with van der Waals surface area (Å²) in [6.45, 7) is 0.672. The van der Waals surface area contributed by atoms with Crippen molar-refractivity contribution in [2.75, 3.05) is 0 Å². The van der Waals surface area contributed by atoms with Gasteiger partial charge in [-0.2, -0.15) is 5.10 Å². The molecule has 0 radical (unpaired) electrons. The fraction of sp³-hybridized carbons (Fsp3) is 0.238. The Hall–Kier alpha value is -2.88. The van der Waals surface area contributed by atoms with Crippen molar-refractivity contribution in [1.82, 2.24) is 15.1 Å². The highest BCUT2D eigenvalue weighted by Gasteiger charge is 2.20. The van der Waals surface area contributed by atoms with Crippen LogP contribution in [0.5, 0.6) is 0 Å². The van der Waals surface area contributed by atoms with Gasteiger partial charge in [0.15, 0.2) is 0 Å². The minimum atomic E-state index is 0.00620. The topological polar surface area (TPSA) is 46.9 Å². The minimum absolute atomic E-state index is 0.00620. The molecular weight excluding hydrogens is 310 g/mol. The molecule has 1 atom stereocenters. The highest BCUT2D eigenvalue weighted by molar-refractivity contribution is 5.94. The molecule has 0 aliphatic heterocycles. The van der Waals surface area contributed by atoms with Gasteiger partial charge in [0.2, 0.25) is 0 Å². The second kappa shape index (κ2) is 6.93. The average molecular weight is 331 g/mol. The highest BCUT2D eigenvalue weighted by atomic mass is 16.1. The number of carbonyl (C=O) groups excluding carboxylic acids is 1. The monoisotopic (exact) mass is 331 g/mol. The number of carbonyl (C=O) groups is 1. The summed E-state index contributed by atoms with van der Waals surface area (Å²) in [5.74, 6) is 0.00620. The zero-order valence-electron chi connectivity index (χ0n) is 14.1. The summed E-state index contributed by atoms with van der Waals surface area (Å²) in [6.07, 6.45) is 6.62. The van der Waals surface area contributed by atoms with Crippen LogP contribution < -0.4 is 5.32 Å². The Morgan fingerprint density at radius 1 is 1.12 bits per heavy atom. The zero-order chi connectivity index (χ0) is 17.1. The Morgan fingerprint density at radius 2 is 2.00 bits per heavy atom. The lowest BCUT2D eigenvalue weighted by molar-refractivity contribution is 0.0933. The number of nitrogens with one attached hydrogen (secondary N) is 1. The average Bonchev–Trinajstić information content (AvgIpc) is 3.15. The first-order chi connectivity index (χ1) is 12.3. The quantitative estimate of drug-likeness (QED) is 0.798. The summed E-state index contributed by atoms with van der Waals surface area (Å²) < 4.78 is 1.86. The Bertz CT molecular complexity index is 870. The molecule has 25 heavy (non-hydrogen) atoms. The number of aromatic nitrogens is 2. The molecule has 0 saturated heterocycles. The molecule has 0 saturated carbocycles. The first-order valence-electron chi connectivity index (χ1n) is 8.72. The Morgan fingerprint density at radius 3 is 2.84 bits per heavy atom. The maximum absolute atomic E-state index is 12.6. The lowest BCUT2D eigenvalue weighted by Crippen LogP contribution is -2.38. The molecule has 4 rings (SSSR count). The number of benzene rings is 2. The first-order valence-corrected chi connectivity index (χ1v) is 8.72. The number of fused-ring (bicyclic) bond motifs is 1. The molecule has 1 aliphatic carbocycles. The Labute approximate surface area is 147 Å². The third-order valence-corrected chi connectivity index (χ3v) is 4.77. The molecule has 126 valence electrons. The smallest absolute Gasteiger partial charge is 0.251 e. The van der Waals surface area contributed by atoms with Crippen LogP contribution in [0.3, 0.4) is 0 Å². The highest BCUT2D eigenvalue weighted by Crippen LogP contribution is 2.21. The van der Waals surface area contributed by atoms with Crippen molar-refractivity contribution < 1.29 is 4.79 Å². The van der Waals surface area contributed by atoms with Gasteiger partial charge in [0.05, 0.1) is 6.54 Å². The predicted octanol–water partition coefficient (Wildman–Crippen LogP) is 3.22. The van der Waals surface area contributed by atoms with Gasteiger partial charge in [-0.25, -0.2) is 0 Å². The van der Waals surface area contributed by atoms with Crippen molar-refractivity contribution in [3.05, 3.63) is 89.2 Å². The summed E-state index contributed by atoms with van der Waals surface area (Å²) >= 11 is 0. The number of hydrogen-bond donors (Lipinski definition) is 1. The molecular formula is C21H21N3O. The van der Waals surface area contributed by atoms with E-state index in [0.717, 1.165) is 24.8 Å². The second-order valence-corrected chi connectivity index (χ2v) is 6.59. The van der Waals surface area contributed by atoms with Crippen molar-refractivity contribution in [1.29, 1.82) is 0 Å². The van der Waals surface area contributed by atoms with Gasteiger partial charge in [0, 0.05) is 24.0 Å². The number of rotatable bonds is 4. The van der Waals surface area contributed by atoms with Crippen LogP contribution >= 0.6 is 0 Å². The van der Waals surface area contributed by atoms with Crippen LogP contribution in [-0.4, -0.2) is 21.7 Å². The number of amides is 1. The van der Waals surface area contributed by atoms with Crippen LogP contribution in [0.15, 0.2) is 67.0 Å². The number of nitrogens with zero attached hydrogens (tertiary/aromatic N) is 2. The Balaban J connectivity index is 1.43. The third-order valence-electron chi connectivity index (χ3n) is 4.77. The SMILES string of the molecule is O=C(N[C@H]1CCc2ccccc2C1)c1cccc(Cn2cccn2)c1. The van der Waals surface area contributed by atoms with Crippen LogP contribution in [0.25, 0.3) is 0 Å². The van der Waals surface area contributed by atoms with Gasteiger partial charge in [0.1, 0.15) is 0 Å². The van der Waals surface area contributed by atoms with Gasteiger partial charge < -0.3 is 5.32 Å². The molecule has 1 amide bonds. The van der Waals surface area contributed by atoms with Gasteiger partial charge in [-0.3, -0.25) is 9.48 Å². The van der Waals surface area contributed by atoms with Crippen molar-refractivity contribution >= 4 is 5.91 Å². The van der Waals surface area contributed by atoms with Crippen LogP contribution in [0, 0.1) is 0 Å². The molecule has 1 N–H and O–H groups in total. The van der Waals surface area contributed by atoms with Gasteiger partial charge in [0.25, 0.3) is 5.91 Å². The van der Waals surface area contributed by atoms with Gasteiger partial charge in [-0.05, 0) is 54.2 Å². The van der Waals surface area contributed by atoms with Crippen molar-refractivity contribution in [3.63, 3.8) is 0 Å². The van der Waals surface area contributed by atoms with Crippen LogP contribution in [-0.2, 0) is 19.4 Å². The van der Waals surface area contributed by atoms with Crippen LogP contribution in [0.1, 0.15) is 33.5 Å². The van der Waals surface area contributed by atoms with E-state index >= 15 is 0 Å². The summed E-state index contributed by atoms with van der Waals surface area (Å²) in [5, 5.41) is 7.42. The fourth-order valence-electron chi connectivity index (χ4n) is 3.48. The third kappa shape index (κ3) is 3.63. The van der Waals surface area contributed by atoms with Crippen LogP contribution in [0.2, 0.25) is 0 Å². The summed E-state index contributed by atoms with van der Waals surface area (Å²) in [4.78, 5) is 12.6. The summed E-state index contributed by atoms with van der Waals surface area (Å²) in [5.41, 5.74) is 4.55. The lowest BCUT2D eigenvalue weighted by Gasteiger charge is -2.25. The van der Waals surface area contributed by atoms with Gasteiger partial charge in [-0.1, -0.05) is 36.4 Å². The van der Waals surface area contributed by atoms with E-state index in [2.05, 4.69) is 34.7 Å². The molecule has 4 heteroatoms. The molecule has 4 nitrogen and oxygen atoms in total. The predicted molar refractivity (Wildman–Crippen MR) is 97.5 cm³/mol. The van der Waals surface area contributed by atoms with E-state index in [-0.39, 0.29) is 11.9 Å². The molecule has 1 aliphatic rings. The first kappa shape index (κ1) is 15.6. The second-order valence-electron chi connectivity index (χ2n) is 6.59. The summed E-state index contributed by atoms with van der Waals surface area (Å²) in [7, 11) is 0. The Kier molecular flexibility index (Phi) is 4.34. The van der Waals surface area contributed by atoms with E-state index in [4.69, 9.17) is 0 Å². The van der Waals surface area contributed by atoms with Crippen molar-refractivity contribution in [2.24, 2.45) is 0 Å². The molecule has 0 bridgehead atoms. The van der Waals surface area contributed by atoms with E-state index in [0.29, 0.717) is 12.1 Å². The molecule has 0 unspecified atom stereocenters. The van der Waals surface area contributed by atoms with Gasteiger partial charge >= 0.3 is 0 Å². The maximum Gasteiger partial charge on any atom is 0.251 e. The number of hydrogen-bond acceptors (Lipinski definition) is 2. The molecule has 0 spiro atoms. The molecule has 2 aromatic carbocycles. The van der Waals surface area contributed by atoms with Crippen LogP contribution in [0.4, 0.5) is 0 Å². The van der Waals surface area contributed by atoms with E-state index in [1.54, 1.807) is 6.20 Å². The molecule has 0 fully saturated rings. The largest absolute Gasteiger partial charge is 0.349 e. The normalized spacial score (nSPS) is 16.2. The van der Waals surface area contributed by atoms with E-state index in [9.17, 15) is 4.79 Å². The van der Waals surface area contributed by atoms with Gasteiger partial charge in [-0.15, -0.1) is 0 Å². The van der Waals surface area contributed by atoms with E-state index in [1.165, 1.54) is 11.1 Å². The number of aryl methyl sites for hydroxylation is 1. The van der Waals surface area contributed by atoms with Crippen molar-refractivity contribution in [2.45, 2.75) is 31.8 Å². The maximum atomic E-state index is 12.6. The van der Waals surface area contributed by atoms with E-state index < -0.39 is 0 Å². The zero-order valence-corrected chi connectivity index (χ0v) is 14.1. The molecule has 3 aromatic rings. The minimum Gasteiger partial charge on any atom is -0.349 e. The summed E-state index contributed by atoms with van der Waals surface area (Å²) in [6, 6.07) is 18.4. The van der Waals surface area contributed by atoms with E-state index in [1.807, 2.05) is 41.2 Å². The fourth-order valence-corrected chi connectivity index (χ4v) is 3.48. The molecule has 1 heterocycles. The molecule has 1 aromatic heterocycles. The standard InChI is InChI=1S/C21H21N3O/c25-21(23-20-10-9-17-6-1-2-7-18(17)14-20)19-8-3-5-16(13-19)15-24-12-4-11-22-24/h1-8,11-13,20H,9-10,14-15H2,(H,23,25)/t20-/m0/s1.